The summed E-state index contributed by atoms with van der Waals surface area (Å²) in [7, 11) is 0. The van der Waals surface area contributed by atoms with Crippen molar-refractivity contribution in [2.24, 2.45) is 0 Å². The van der Waals surface area contributed by atoms with Gasteiger partial charge in [0.2, 0.25) is 5.91 Å². The van der Waals surface area contributed by atoms with Crippen LogP contribution >= 0.6 is 0 Å². The normalized spacial score (nSPS) is 11.5. The first-order valence-corrected chi connectivity index (χ1v) is 8.45. The molecule has 0 spiro atoms. The summed E-state index contributed by atoms with van der Waals surface area (Å²) in [6.45, 7) is 4.71. The lowest BCUT2D eigenvalue weighted by molar-refractivity contribution is -0.120. The molecule has 0 aliphatic heterocycles. The van der Waals surface area contributed by atoms with Gasteiger partial charge in [-0.05, 0) is 29.2 Å². The Morgan fingerprint density at radius 3 is 2.72 bits per heavy atom. The Balaban J connectivity index is 1.51. The number of fused-ring (bicyclic) bond motifs is 1. The maximum atomic E-state index is 12.0. The molecule has 5 nitrogen and oxygen atoms in total. The highest BCUT2D eigenvalue weighted by atomic mass is 16.1. The van der Waals surface area contributed by atoms with Gasteiger partial charge in [0.15, 0.2) is 11.5 Å². The molecule has 0 saturated carbocycles. The minimum atomic E-state index is -0.0391. The highest BCUT2D eigenvalue weighted by molar-refractivity contribution is 5.78. The van der Waals surface area contributed by atoms with Gasteiger partial charge in [0.1, 0.15) is 0 Å². The second-order valence-corrected chi connectivity index (χ2v) is 6.25. The molecule has 128 valence electrons. The van der Waals surface area contributed by atoms with Crippen molar-refractivity contribution in [3.8, 4) is 0 Å². The number of pyridine rings is 1. The van der Waals surface area contributed by atoms with E-state index in [0.717, 1.165) is 17.0 Å². The van der Waals surface area contributed by atoms with Crippen LogP contribution in [0.1, 0.15) is 43.1 Å². The van der Waals surface area contributed by atoms with Gasteiger partial charge in [-0.3, -0.25) is 9.20 Å². The topological polar surface area (TPSA) is 59.3 Å². The van der Waals surface area contributed by atoms with Crippen LogP contribution in [0.5, 0.6) is 0 Å². The van der Waals surface area contributed by atoms with Gasteiger partial charge in [-0.25, -0.2) is 0 Å². The lowest BCUT2D eigenvalue weighted by atomic mass is 10.0. The van der Waals surface area contributed by atoms with Crippen molar-refractivity contribution in [3.05, 3.63) is 71.7 Å². The van der Waals surface area contributed by atoms with Gasteiger partial charge in [-0.15, -0.1) is 10.2 Å². The molecule has 0 fully saturated rings. The SMILES string of the molecule is CC(C)c1ccc(/C=C/CC(=O)NCc2nnc3ccccn23)cc1. The average Bonchev–Trinajstić information content (AvgIpc) is 3.03. The molecule has 0 atom stereocenters. The van der Waals surface area contributed by atoms with E-state index in [1.165, 1.54) is 5.56 Å². The Morgan fingerprint density at radius 2 is 1.96 bits per heavy atom. The number of carbonyl (C=O) groups is 1. The highest BCUT2D eigenvalue weighted by Gasteiger charge is 2.05. The zero-order valence-electron chi connectivity index (χ0n) is 14.5. The van der Waals surface area contributed by atoms with Crippen LogP contribution in [0.2, 0.25) is 0 Å². The number of aromatic nitrogens is 3. The van der Waals surface area contributed by atoms with E-state index in [1.54, 1.807) is 0 Å². The van der Waals surface area contributed by atoms with E-state index >= 15 is 0 Å². The molecule has 3 aromatic rings. The number of hydrogen-bond donors (Lipinski definition) is 1. The molecular formula is C20H22N4O. The van der Waals surface area contributed by atoms with Crippen LogP contribution in [-0.4, -0.2) is 20.5 Å². The lowest BCUT2D eigenvalue weighted by Crippen LogP contribution is -2.23. The molecule has 0 unspecified atom stereocenters. The van der Waals surface area contributed by atoms with E-state index in [0.29, 0.717) is 18.9 Å². The third-order valence-corrected chi connectivity index (χ3v) is 4.04. The second-order valence-electron chi connectivity index (χ2n) is 6.25. The molecule has 0 radical (unpaired) electrons. The van der Waals surface area contributed by atoms with Crippen LogP contribution in [-0.2, 0) is 11.3 Å². The number of rotatable bonds is 6. The minimum Gasteiger partial charge on any atom is -0.349 e. The van der Waals surface area contributed by atoms with Crippen LogP contribution in [0.4, 0.5) is 0 Å². The zero-order valence-corrected chi connectivity index (χ0v) is 14.5. The summed E-state index contributed by atoms with van der Waals surface area (Å²) in [5.41, 5.74) is 3.19. The molecule has 0 aliphatic rings. The molecule has 1 N–H and O–H groups in total. The monoisotopic (exact) mass is 334 g/mol. The Kier molecular flexibility index (Phi) is 5.23. The van der Waals surface area contributed by atoms with Crippen molar-refractivity contribution in [3.63, 3.8) is 0 Å². The number of hydrogen-bond acceptors (Lipinski definition) is 3. The number of nitrogens with one attached hydrogen (secondary N) is 1. The van der Waals surface area contributed by atoms with Crippen LogP contribution in [0.25, 0.3) is 11.7 Å². The molecule has 0 aliphatic carbocycles. The van der Waals surface area contributed by atoms with Crippen molar-refractivity contribution >= 4 is 17.6 Å². The van der Waals surface area contributed by atoms with Crippen LogP contribution in [0.3, 0.4) is 0 Å². The predicted octanol–water partition coefficient (Wildman–Crippen LogP) is 3.57. The van der Waals surface area contributed by atoms with Gasteiger partial charge in [-0.2, -0.15) is 0 Å². The maximum absolute atomic E-state index is 12.0. The smallest absolute Gasteiger partial charge is 0.224 e. The van der Waals surface area contributed by atoms with Crippen LogP contribution in [0, 0.1) is 0 Å². The molecule has 5 heteroatoms. The molecule has 25 heavy (non-hydrogen) atoms. The fraction of sp³-hybridized carbons (Fsp3) is 0.250. The van der Waals surface area contributed by atoms with E-state index in [-0.39, 0.29) is 5.91 Å². The molecule has 1 aromatic carbocycles. The Morgan fingerprint density at radius 1 is 1.16 bits per heavy atom. The summed E-state index contributed by atoms with van der Waals surface area (Å²) >= 11 is 0. The van der Waals surface area contributed by atoms with E-state index in [2.05, 4.69) is 53.6 Å². The van der Waals surface area contributed by atoms with Crippen molar-refractivity contribution < 1.29 is 4.79 Å². The predicted molar refractivity (Wildman–Crippen MR) is 99.0 cm³/mol. The van der Waals surface area contributed by atoms with Crippen molar-refractivity contribution in [1.82, 2.24) is 19.9 Å². The first-order chi connectivity index (χ1) is 12.1. The average molecular weight is 334 g/mol. The number of nitrogens with zero attached hydrogens (tertiary/aromatic N) is 3. The van der Waals surface area contributed by atoms with E-state index in [9.17, 15) is 4.79 Å². The van der Waals surface area contributed by atoms with Gasteiger partial charge in [0.05, 0.1) is 6.54 Å². The highest BCUT2D eigenvalue weighted by Crippen LogP contribution is 2.15. The Bertz CT molecular complexity index is 878. The van der Waals surface area contributed by atoms with E-state index in [1.807, 2.05) is 40.9 Å². The van der Waals surface area contributed by atoms with E-state index in [4.69, 9.17) is 0 Å². The van der Waals surface area contributed by atoms with Gasteiger partial charge in [0, 0.05) is 12.6 Å². The van der Waals surface area contributed by atoms with E-state index < -0.39 is 0 Å². The van der Waals surface area contributed by atoms with Crippen molar-refractivity contribution in [2.45, 2.75) is 32.7 Å². The lowest BCUT2D eigenvalue weighted by Gasteiger charge is -2.04. The zero-order chi connectivity index (χ0) is 17.6. The third-order valence-electron chi connectivity index (χ3n) is 4.04. The molecule has 0 saturated heterocycles. The molecule has 0 bridgehead atoms. The number of benzene rings is 1. The van der Waals surface area contributed by atoms with Gasteiger partial charge in [-0.1, -0.05) is 56.3 Å². The summed E-state index contributed by atoms with van der Waals surface area (Å²) < 4.78 is 1.87. The summed E-state index contributed by atoms with van der Waals surface area (Å²) in [4.78, 5) is 12.0. The molecule has 2 aromatic heterocycles. The van der Waals surface area contributed by atoms with Gasteiger partial charge >= 0.3 is 0 Å². The Hall–Kier alpha value is -2.95. The third kappa shape index (κ3) is 4.32. The summed E-state index contributed by atoms with van der Waals surface area (Å²) in [5.74, 6) is 1.21. The molecule has 3 rings (SSSR count). The van der Waals surface area contributed by atoms with Crippen molar-refractivity contribution in [1.29, 1.82) is 0 Å². The van der Waals surface area contributed by atoms with Crippen molar-refractivity contribution in [2.75, 3.05) is 0 Å². The quantitative estimate of drug-likeness (QED) is 0.749. The van der Waals surface area contributed by atoms with Crippen LogP contribution < -0.4 is 5.32 Å². The molecule has 1 amide bonds. The minimum absolute atomic E-state index is 0.0391. The second kappa shape index (κ2) is 7.75. The fourth-order valence-electron chi connectivity index (χ4n) is 2.56. The molecular weight excluding hydrogens is 312 g/mol. The summed E-state index contributed by atoms with van der Waals surface area (Å²) in [5, 5.41) is 11.0. The fourth-order valence-corrected chi connectivity index (χ4v) is 2.56. The first kappa shape index (κ1) is 16.9. The largest absolute Gasteiger partial charge is 0.349 e. The Labute approximate surface area is 147 Å². The summed E-state index contributed by atoms with van der Waals surface area (Å²) in [6.07, 6.45) is 6.07. The number of carbonyl (C=O) groups excluding carboxylic acids is 1. The first-order valence-electron chi connectivity index (χ1n) is 8.45. The standard InChI is InChI=1S/C20H22N4O/c1-15(2)17-11-9-16(10-12-17)6-5-8-20(25)21-14-19-23-22-18-7-3-4-13-24(18)19/h3-7,9-13,15H,8,14H2,1-2H3,(H,21,25)/b6-5+. The van der Waals surface area contributed by atoms with Gasteiger partial charge < -0.3 is 5.32 Å². The number of amides is 1. The summed E-state index contributed by atoms with van der Waals surface area (Å²) in [6, 6.07) is 14.1. The maximum Gasteiger partial charge on any atom is 0.224 e. The van der Waals surface area contributed by atoms with Gasteiger partial charge in [0.25, 0.3) is 0 Å². The van der Waals surface area contributed by atoms with Crippen LogP contribution in [0.15, 0.2) is 54.7 Å². The molecule has 2 heterocycles.